The maximum atomic E-state index is 13.0. The molecular weight excluding hydrogens is 426 g/mol. The van der Waals surface area contributed by atoms with Crippen LogP contribution >= 0.6 is 0 Å². The molecule has 0 heterocycles. The molecule has 5 nitrogen and oxygen atoms in total. The first-order valence-electron chi connectivity index (χ1n) is 12.6. The fraction of sp³-hybridized carbons (Fsp3) is 0.586. The number of aliphatic hydroxyl groups is 1. The summed E-state index contributed by atoms with van der Waals surface area (Å²) in [6, 6.07) is 8.40. The maximum Gasteiger partial charge on any atom is 0.204 e. The molecule has 1 amide bonds. The summed E-state index contributed by atoms with van der Waals surface area (Å²) < 4.78 is 5.32. The highest BCUT2D eigenvalue weighted by molar-refractivity contribution is 5.84. The second-order valence-corrected chi connectivity index (χ2v) is 11.0. The second-order valence-electron chi connectivity index (χ2n) is 11.0. The third-order valence-corrected chi connectivity index (χ3v) is 9.74. The minimum absolute atomic E-state index is 0.147. The SMILES string of the molecule is C=C1CC23CC1CCC2C1=CCC(O)[C@@](C)(C(C)=O)C1C3CCc1ccc(OC)cc1.NC=O. The first kappa shape index (κ1) is 24.7. The van der Waals surface area contributed by atoms with Crippen molar-refractivity contribution < 1.29 is 19.4 Å². The van der Waals surface area contributed by atoms with Gasteiger partial charge in [-0.05, 0) is 106 Å². The van der Waals surface area contributed by atoms with E-state index in [0.717, 1.165) is 25.0 Å². The molecule has 34 heavy (non-hydrogen) atoms. The molecule has 0 aliphatic heterocycles. The van der Waals surface area contributed by atoms with Gasteiger partial charge in [-0.1, -0.05) is 35.9 Å². The van der Waals surface area contributed by atoms with Crippen molar-refractivity contribution >= 4 is 12.2 Å². The number of carbonyl (C=O) groups excluding carboxylic acids is 2. The van der Waals surface area contributed by atoms with Crippen molar-refractivity contribution in [1.29, 1.82) is 0 Å². The van der Waals surface area contributed by atoms with Crippen LogP contribution in [0, 0.1) is 34.5 Å². The molecule has 1 spiro atoms. The number of ether oxygens (including phenoxy) is 1. The van der Waals surface area contributed by atoms with Crippen molar-refractivity contribution in [3.63, 3.8) is 0 Å². The lowest BCUT2D eigenvalue weighted by Gasteiger charge is -2.46. The maximum absolute atomic E-state index is 13.0. The van der Waals surface area contributed by atoms with E-state index in [-0.39, 0.29) is 23.5 Å². The molecule has 3 fully saturated rings. The Kier molecular flexibility index (Phi) is 6.78. The number of amides is 1. The van der Waals surface area contributed by atoms with Crippen LogP contribution in [0.3, 0.4) is 0 Å². The van der Waals surface area contributed by atoms with Crippen LogP contribution in [0.2, 0.25) is 0 Å². The van der Waals surface area contributed by atoms with Gasteiger partial charge in [0.25, 0.3) is 0 Å². The van der Waals surface area contributed by atoms with Crippen molar-refractivity contribution in [2.45, 2.75) is 64.9 Å². The number of allylic oxidation sites excluding steroid dienone is 2. The highest BCUT2D eigenvalue weighted by Gasteiger charge is 2.67. The summed E-state index contributed by atoms with van der Waals surface area (Å²) >= 11 is 0. The van der Waals surface area contributed by atoms with E-state index in [1.807, 2.05) is 19.1 Å². The predicted octanol–water partition coefficient (Wildman–Crippen LogP) is 4.62. The van der Waals surface area contributed by atoms with Crippen LogP contribution in [0.15, 0.2) is 48.1 Å². The second kappa shape index (κ2) is 9.33. The number of nitrogens with two attached hydrogens (primary N) is 1. The van der Waals surface area contributed by atoms with E-state index in [9.17, 15) is 9.90 Å². The van der Waals surface area contributed by atoms with Crippen molar-refractivity contribution in [3.8, 4) is 5.75 Å². The molecule has 0 aromatic heterocycles. The Morgan fingerprint density at radius 2 is 1.97 bits per heavy atom. The number of Topliss-reactive ketones (excluding diaryl/α,β-unsaturated/α-hetero) is 1. The minimum atomic E-state index is -0.680. The number of carbonyl (C=O) groups is 2. The highest BCUT2D eigenvalue weighted by atomic mass is 16.5. The number of primary amides is 1. The van der Waals surface area contributed by atoms with E-state index >= 15 is 0 Å². The van der Waals surface area contributed by atoms with Gasteiger partial charge >= 0.3 is 0 Å². The Balaban J connectivity index is 0.000000868. The van der Waals surface area contributed by atoms with Crippen LogP contribution in [-0.4, -0.2) is 30.5 Å². The lowest BCUT2D eigenvalue weighted by atomic mass is 9.58. The molecule has 7 atom stereocenters. The molecule has 1 aromatic carbocycles. The number of hydrogen-bond acceptors (Lipinski definition) is 4. The quantitative estimate of drug-likeness (QED) is 0.490. The number of ketones is 1. The largest absolute Gasteiger partial charge is 0.497 e. The van der Waals surface area contributed by atoms with Crippen LogP contribution < -0.4 is 10.5 Å². The number of methoxy groups -OCH3 is 1. The molecule has 4 aliphatic rings. The van der Waals surface area contributed by atoms with E-state index < -0.39 is 11.5 Å². The topological polar surface area (TPSA) is 89.6 Å². The molecule has 3 N–H and O–H groups in total. The fourth-order valence-corrected chi connectivity index (χ4v) is 8.05. The standard InChI is InChI=1S/C28H36O3.CH3NO/c1-17-15-28-16-20(17)8-13-23(28)22-11-14-25(30)27(3,18(2)29)26(22)24(28)12-7-19-5-9-21(31-4)10-6-19;2-1-3/h5-6,9-11,20,23-26,30H,1,7-8,12-16H2,2-4H3;1H,(H2,2,3)/t20?,23?,24?,25?,26?,27-,28?;/m1./s1. The van der Waals surface area contributed by atoms with E-state index in [4.69, 9.17) is 9.53 Å². The van der Waals surface area contributed by atoms with Gasteiger partial charge in [-0.3, -0.25) is 9.59 Å². The Bertz CT molecular complexity index is 982. The summed E-state index contributed by atoms with van der Waals surface area (Å²) in [4.78, 5) is 21.6. The summed E-state index contributed by atoms with van der Waals surface area (Å²) in [6.45, 7) is 8.22. The summed E-state index contributed by atoms with van der Waals surface area (Å²) in [7, 11) is 1.70. The first-order chi connectivity index (χ1) is 16.2. The average Bonchev–Trinajstić information content (AvgIpc) is 3.24. The molecule has 184 valence electrons. The Labute approximate surface area is 203 Å². The molecule has 6 unspecified atom stereocenters. The van der Waals surface area contributed by atoms with Gasteiger partial charge in [0.2, 0.25) is 6.41 Å². The van der Waals surface area contributed by atoms with Gasteiger partial charge in [-0.2, -0.15) is 0 Å². The van der Waals surface area contributed by atoms with Crippen molar-refractivity contribution in [3.05, 3.63) is 53.6 Å². The van der Waals surface area contributed by atoms with Crippen molar-refractivity contribution in [1.82, 2.24) is 0 Å². The van der Waals surface area contributed by atoms with Crippen LogP contribution in [0.1, 0.15) is 57.9 Å². The van der Waals surface area contributed by atoms with Gasteiger partial charge < -0.3 is 15.6 Å². The Morgan fingerprint density at radius 1 is 1.29 bits per heavy atom. The zero-order valence-corrected chi connectivity index (χ0v) is 20.8. The minimum Gasteiger partial charge on any atom is -0.497 e. The lowest BCUT2D eigenvalue weighted by molar-refractivity contribution is -0.139. The lowest BCUT2D eigenvalue weighted by Crippen LogP contribution is -2.49. The van der Waals surface area contributed by atoms with Gasteiger partial charge in [0.05, 0.1) is 18.6 Å². The van der Waals surface area contributed by atoms with Gasteiger partial charge in [0.1, 0.15) is 11.5 Å². The summed E-state index contributed by atoms with van der Waals surface area (Å²) in [5.41, 5.74) is 7.96. The predicted molar refractivity (Wildman–Crippen MR) is 133 cm³/mol. The summed E-state index contributed by atoms with van der Waals surface area (Å²) in [5, 5.41) is 11.1. The zero-order valence-electron chi connectivity index (χ0n) is 20.8. The van der Waals surface area contributed by atoms with E-state index in [0.29, 0.717) is 24.2 Å². The molecular formula is C29H39NO4. The molecule has 0 saturated heterocycles. The van der Waals surface area contributed by atoms with Crippen molar-refractivity contribution in [2.75, 3.05) is 7.11 Å². The molecule has 5 rings (SSSR count). The zero-order chi connectivity index (χ0) is 24.7. The molecule has 5 heteroatoms. The van der Waals surface area contributed by atoms with Gasteiger partial charge in [0, 0.05) is 0 Å². The summed E-state index contributed by atoms with van der Waals surface area (Å²) in [5.74, 6) is 2.80. The van der Waals surface area contributed by atoms with Crippen LogP contribution in [0.25, 0.3) is 0 Å². The van der Waals surface area contributed by atoms with Gasteiger partial charge in [0.15, 0.2) is 0 Å². The van der Waals surface area contributed by atoms with E-state index in [2.05, 4.69) is 30.5 Å². The number of rotatable bonds is 5. The average molecular weight is 466 g/mol. The van der Waals surface area contributed by atoms with Gasteiger partial charge in [-0.25, -0.2) is 0 Å². The molecule has 3 saturated carbocycles. The molecule has 4 aliphatic carbocycles. The monoisotopic (exact) mass is 465 g/mol. The fourth-order valence-electron chi connectivity index (χ4n) is 8.05. The number of fused-ring (bicyclic) bond motifs is 3. The first-order valence-corrected chi connectivity index (χ1v) is 12.6. The number of aliphatic hydroxyl groups excluding tert-OH is 1. The Hall–Kier alpha value is -2.40. The third-order valence-electron chi connectivity index (χ3n) is 9.74. The van der Waals surface area contributed by atoms with E-state index in [1.165, 1.54) is 36.0 Å². The Morgan fingerprint density at radius 3 is 2.59 bits per heavy atom. The highest BCUT2D eigenvalue weighted by Crippen LogP contribution is 2.73. The normalized spacial score (nSPS) is 37.6. The van der Waals surface area contributed by atoms with Crippen molar-refractivity contribution in [2.24, 2.45) is 40.2 Å². The van der Waals surface area contributed by atoms with Crippen LogP contribution in [-0.2, 0) is 16.0 Å². The van der Waals surface area contributed by atoms with E-state index in [1.54, 1.807) is 14.0 Å². The molecule has 2 bridgehead atoms. The number of hydrogen-bond donors (Lipinski definition) is 2. The number of benzene rings is 1. The van der Waals surface area contributed by atoms with Gasteiger partial charge in [-0.15, -0.1) is 0 Å². The molecule has 0 radical (unpaired) electrons. The number of aryl methyl sites for hydroxylation is 1. The molecule has 1 aromatic rings. The summed E-state index contributed by atoms with van der Waals surface area (Å²) in [6.07, 6.45) is 9.43. The van der Waals surface area contributed by atoms with Crippen LogP contribution in [0.5, 0.6) is 5.75 Å². The smallest absolute Gasteiger partial charge is 0.204 e. The van der Waals surface area contributed by atoms with Crippen LogP contribution in [0.4, 0.5) is 0 Å². The third kappa shape index (κ3) is 3.73.